The number of nitrogens with two attached hydrogens (primary N) is 1. The van der Waals surface area contributed by atoms with Crippen LogP contribution in [0.15, 0.2) is 0 Å². The average Bonchev–Trinajstić information content (AvgIpc) is 2.75. The van der Waals surface area contributed by atoms with E-state index in [4.69, 9.17) is 5.73 Å². The minimum absolute atomic E-state index is 0.336. The molecule has 3 nitrogen and oxygen atoms in total. The fourth-order valence-electron chi connectivity index (χ4n) is 4.75. The number of nitrogens with zero attached hydrogens (tertiary/aromatic N) is 2. The zero-order valence-corrected chi connectivity index (χ0v) is 12.9. The molecule has 0 bridgehead atoms. The Balaban J connectivity index is 1.70. The van der Waals surface area contributed by atoms with E-state index in [9.17, 15) is 0 Å². The second kappa shape index (κ2) is 5.01. The topological polar surface area (TPSA) is 32.5 Å². The lowest BCUT2D eigenvalue weighted by Gasteiger charge is -2.60. The summed E-state index contributed by atoms with van der Waals surface area (Å²) in [6, 6.07) is 1.50. The highest BCUT2D eigenvalue weighted by Crippen LogP contribution is 2.47. The van der Waals surface area contributed by atoms with E-state index in [2.05, 4.69) is 30.6 Å². The summed E-state index contributed by atoms with van der Waals surface area (Å²) < 4.78 is 0. The summed E-state index contributed by atoms with van der Waals surface area (Å²) in [5.41, 5.74) is 6.54. The van der Waals surface area contributed by atoms with Gasteiger partial charge in [-0.15, -0.1) is 0 Å². The van der Waals surface area contributed by atoms with Crippen molar-refractivity contribution in [3.05, 3.63) is 0 Å². The molecule has 1 saturated carbocycles. The van der Waals surface area contributed by atoms with Crippen LogP contribution in [-0.2, 0) is 0 Å². The summed E-state index contributed by atoms with van der Waals surface area (Å²) in [5.74, 6) is 1.72. The van der Waals surface area contributed by atoms with Crippen LogP contribution < -0.4 is 5.73 Å². The van der Waals surface area contributed by atoms with Crippen LogP contribution in [0.25, 0.3) is 0 Å². The Kier molecular flexibility index (Phi) is 3.65. The van der Waals surface area contributed by atoms with Crippen LogP contribution >= 0.6 is 0 Å². The lowest BCUT2D eigenvalue weighted by Crippen LogP contribution is -2.70. The molecule has 19 heavy (non-hydrogen) atoms. The summed E-state index contributed by atoms with van der Waals surface area (Å²) in [6.07, 6.45) is 5.46. The molecule has 2 atom stereocenters. The van der Waals surface area contributed by atoms with E-state index in [0.717, 1.165) is 24.4 Å². The Labute approximate surface area is 118 Å². The van der Waals surface area contributed by atoms with Gasteiger partial charge in [-0.25, -0.2) is 0 Å². The van der Waals surface area contributed by atoms with Gasteiger partial charge in [0.1, 0.15) is 0 Å². The van der Waals surface area contributed by atoms with Crippen molar-refractivity contribution in [1.82, 2.24) is 9.80 Å². The number of piperazine rings is 1. The summed E-state index contributed by atoms with van der Waals surface area (Å²) in [7, 11) is 0. The minimum Gasteiger partial charge on any atom is -0.329 e. The summed E-state index contributed by atoms with van der Waals surface area (Å²) >= 11 is 0. The maximum atomic E-state index is 6.21. The molecule has 0 aromatic heterocycles. The molecule has 3 fully saturated rings. The van der Waals surface area contributed by atoms with E-state index in [1.807, 2.05) is 0 Å². The highest BCUT2D eigenvalue weighted by molar-refractivity contribution is 5.08. The Morgan fingerprint density at radius 1 is 1.26 bits per heavy atom. The van der Waals surface area contributed by atoms with E-state index >= 15 is 0 Å². The number of hydrogen-bond acceptors (Lipinski definition) is 3. The molecule has 2 heterocycles. The van der Waals surface area contributed by atoms with E-state index < -0.39 is 0 Å². The molecule has 2 aliphatic heterocycles. The fraction of sp³-hybridized carbons (Fsp3) is 1.00. The molecule has 0 aromatic rings. The smallest absolute Gasteiger partial charge is 0.0341 e. The molecule has 2 saturated heterocycles. The SMILES string of the molecule is CC(C)C1CC(CN)(N2CC3CCCN3CC2C)C1. The third kappa shape index (κ3) is 2.24. The molecule has 110 valence electrons. The molecule has 0 aromatic carbocycles. The standard InChI is InChI=1S/C16H31N3/c1-12(2)14-7-16(8-14,11-17)19-10-15-5-4-6-18(15)9-13(19)3/h12-15H,4-11,17H2,1-3H3. The summed E-state index contributed by atoms with van der Waals surface area (Å²) in [5, 5.41) is 0. The van der Waals surface area contributed by atoms with Gasteiger partial charge in [0, 0.05) is 37.3 Å². The third-order valence-corrected chi connectivity index (χ3v) is 6.15. The van der Waals surface area contributed by atoms with Gasteiger partial charge in [-0.05, 0) is 51.0 Å². The third-order valence-electron chi connectivity index (χ3n) is 6.15. The quantitative estimate of drug-likeness (QED) is 0.846. The largest absolute Gasteiger partial charge is 0.329 e. The van der Waals surface area contributed by atoms with Crippen LogP contribution in [-0.4, -0.2) is 53.6 Å². The maximum Gasteiger partial charge on any atom is 0.0341 e. The monoisotopic (exact) mass is 265 g/mol. The highest BCUT2D eigenvalue weighted by Gasteiger charge is 2.51. The second-order valence-corrected chi connectivity index (χ2v) is 7.63. The van der Waals surface area contributed by atoms with Gasteiger partial charge >= 0.3 is 0 Å². The van der Waals surface area contributed by atoms with Crippen molar-refractivity contribution in [2.45, 2.75) is 64.1 Å². The van der Waals surface area contributed by atoms with Gasteiger partial charge < -0.3 is 5.73 Å². The van der Waals surface area contributed by atoms with Crippen molar-refractivity contribution in [2.75, 3.05) is 26.2 Å². The van der Waals surface area contributed by atoms with E-state index in [-0.39, 0.29) is 0 Å². The Morgan fingerprint density at radius 3 is 2.63 bits per heavy atom. The van der Waals surface area contributed by atoms with Crippen LogP contribution in [0.1, 0.15) is 46.5 Å². The predicted octanol–water partition coefficient (Wildman–Crippen LogP) is 1.92. The van der Waals surface area contributed by atoms with Gasteiger partial charge in [0.05, 0.1) is 0 Å². The molecule has 1 aliphatic carbocycles. The van der Waals surface area contributed by atoms with Crippen molar-refractivity contribution in [3.8, 4) is 0 Å². The molecule has 3 rings (SSSR count). The molecular formula is C16H31N3. The second-order valence-electron chi connectivity index (χ2n) is 7.63. The first-order valence-corrected chi connectivity index (χ1v) is 8.26. The van der Waals surface area contributed by atoms with Crippen LogP contribution in [0, 0.1) is 11.8 Å². The summed E-state index contributed by atoms with van der Waals surface area (Å²) in [4.78, 5) is 5.50. The molecule has 3 heteroatoms. The van der Waals surface area contributed by atoms with E-state index in [1.54, 1.807) is 0 Å². The molecule has 0 amide bonds. The first-order valence-electron chi connectivity index (χ1n) is 8.26. The van der Waals surface area contributed by atoms with Gasteiger partial charge in [0.2, 0.25) is 0 Å². The van der Waals surface area contributed by atoms with Crippen LogP contribution in [0.3, 0.4) is 0 Å². The normalized spacial score (nSPS) is 44.4. The molecule has 0 spiro atoms. The van der Waals surface area contributed by atoms with Gasteiger partial charge in [-0.2, -0.15) is 0 Å². The van der Waals surface area contributed by atoms with Gasteiger partial charge in [-0.1, -0.05) is 13.8 Å². The van der Waals surface area contributed by atoms with Gasteiger partial charge in [0.25, 0.3) is 0 Å². The van der Waals surface area contributed by atoms with Crippen LogP contribution in [0.5, 0.6) is 0 Å². The molecule has 2 unspecified atom stereocenters. The van der Waals surface area contributed by atoms with Gasteiger partial charge in [0.15, 0.2) is 0 Å². The van der Waals surface area contributed by atoms with Crippen molar-refractivity contribution in [2.24, 2.45) is 17.6 Å². The number of hydrogen-bond donors (Lipinski definition) is 1. The highest BCUT2D eigenvalue weighted by atomic mass is 15.4. The van der Waals surface area contributed by atoms with E-state index in [1.165, 1.54) is 45.3 Å². The van der Waals surface area contributed by atoms with Crippen molar-refractivity contribution < 1.29 is 0 Å². The molecule has 2 N–H and O–H groups in total. The van der Waals surface area contributed by atoms with E-state index in [0.29, 0.717) is 11.6 Å². The lowest BCUT2D eigenvalue weighted by atomic mass is 9.62. The molecule has 0 radical (unpaired) electrons. The predicted molar refractivity (Wildman–Crippen MR) is 80.1 cm³/mol. The van der Waals surface area contributed by atoms with Crippen molar-refractivity contribution in [3.63, 3.8) is 0 Å². The first-order chi connectivity index (χ1) is 9.05. The Morgan fingerprint density at radius 2 is 2.00 bits per heavy atom. The summed E-state index contributed by atoms with van der Waals surface area (Å²) in [6.45, 7) is 11.9. The number of rotatable bonds is 3. The fourth-order valence-corrected chi connectivity index (χ4v) is 4.75. The van der Waals surface area contributed by atoms with Crippen LogP contribution in [0.4, 0.5) is 0 Å². The average molecular weight is 265 g/mol. The maximum absolute atomic E-state index is 6.21. The number of fused-ring (bicyclic) bond motifs is 1. The zero-order chi connectivity index (χ0) is 13.6. The Bertz CT molecular complexity index is 322. The Hall–Kier alpha value is -0.120. The van der Waals surface area contributed by atoms with Crippen molar-refractivity contribution >= 4 is 0 Å². The lowest BCUT2D eigenvalue weighted by molar-refractivity contribution is -0.0912. The zero-order valence-electron chi connectivity index (χ0n) is 12.9. The van der Waals surface area contributed by atoms with Crippen molar-refractivity contribution in [1.29, 1.82) is 0 Å². The van der Waals surface area contributed by atoms with Crippen LogP contribution in [0.2, 0.25) is 0 Å². The molecular weight excluding hydrogens is 234 g/mol. The minimum atomic E-state index is 0.336. The molecule has 3 aliphatic rings. The van der Waals surface area contributed by atoms with Gasteiger partial charge in [-0.3, -0.25) is 9.80 Å². The first kappa shape index (κ1) is 13.8.